The van der Waals surface area contributed by atoms with E-state index >= 15 is 0 Å². The summed E-state index contributed by atoms with van der Waals surface area (Å²) in [5, 5.41) is 3.78. The smallest absolute Gasteiger partial charge is 0.265 e. The van der Waals surface area contributed by atoms with Crippen molar-refractivity contribution < 1.29 is 9.53 Å². The van der Waals surface area contributed by atoms with Crippen molar-refractivity contribution in [2.75, 3.05) is 16.8 Å². The second-order valence-corrected chi connectivity index (χ2v) is 7.75. The van der Waals surface area contributed by atoms with Crippen molar-refractivity contribution in [3.8, 4) is 5.75 Å². The van der Waals surface area contributed by atoms with Crippen LogP contribution in [0.15, 0.2) is 42.5 Å². The third-order valence-corrected chi connectivity index (χ3v) is 5.37. The van der Waals surface area contributed by atoms with Crippen LogP contribution in [0.3, 0.4) is 0 Å². The van der Waals surface area contributed by atoms with Crippen LogP contribution in [-0.4, -0.2) is 24.6 Å². The van der Waals surface area contributed by atoms with Crippen molar-refractivity contribution >= 4 is 40.5 Å². The number of ether oxygens (including phenoxy) is 1. The highest BCUT2D eigenvalue weighted by atomic mass is 35.5. The lowest BCUT2D eigenvalue weighted by Gasteiger charge is -2.35. The van der Waals surface area contributed by atoms with Crippen molar-refractivity contribution in [3.05, 3.63) is 52.5 Å². The maximum Gasteiger partial charge on any atom is 0.265 e. The lowest BCUT2D eigenvalue weighted by molar-refractivity contribution is -0.122. The molecule has 0 aliphatic carbocycles. The average molecular weight is 407 g/mol. The highest BCUT2D eigenvalue weighted by Crippen LogP contribution is 2.29. The Morgan fingerprint density at radius 3 is 2.59 bits per heavy atom. The second kappa shape index (κ2) is 8.85. The summed E-state index contributed by atoms with van der Waals surface area (Å²) < 4.78 is 5.66. The quantitative estimate of drug-likeness (QED) is 0.683. The van der Waals surface area contributed by atoms with Gasteiger partial charge in [-0.25, -0.2) is 0 Å². The van der Waals surface area contributed by atoms with Crippen LogP contribution in [0.25, 0.3) is 0 Å². The van der Waals surface area contributed by atoms with E-state index in [-0.39, 0.29) is 5.91 Å². The Labute approximate surface area is 170 Å². The fourth-order valence-electron chi connectivity index (χ4n) is 3.28. The first-order chi connectivity index (χ1) is 12.9. The molecule has 27 heavy (non-hydrogen) atoms. The van der Waals surface area contributed by atoms with Gasteiger partial charge in [0.2, 0.25) is 0 Å². The monoisotopic (exact) mass is 406 g/mol. The minimum Gasteiger partial charge on any atom is -0.479 e. The number of benzene rings is 2. The third kappa shape index (κ3) is 5.08. The average Bonchev–Trinajstić information content (AvgIpc) is 2.65. The molecule has 1 aliphatic rings. The van der Waals surface area contributed by atoms with Gasteiger partial charge in [-0.15, -0.1) is 0 Å². The summed E-state index contributed by atoms with van der Waals surface area (Å²) in [4.78, 5) is 14.8. The van der Waals surface area contributed by atoms with E-state index in [0.29, 0.717) is 21.8 Å². The third-order valence-electron chi connectivity index (χ3n) is 4.84. The maximum absolute atomic E-state index is 12.4. The minimum absolute atomic E-state index is 0.236. The lowest BCUT2D eigenvalue weighted by atomic mass is 10.0. The molecule has 1 aliphatic heterocycles. The minimum atomic E-state index is -0.689. The zero-order chi connectivity index (χ0) is 19.4. The molecule has 2 aromatic rings. The van der Waals surface area contributed by atoms with Crippen LogP contribution < -0.4 is 15.0 Å². The Balaban J connectivity index is 1.60. The highest BCUT2D eigenvalue weighted by Gasteiger charge is 2.19. The molecule has 0 unspecified atom stereocenters. The van der Waals surface area contributed by atoms with E-state index in [2.05, 4.69) is 29.3 Å². The van der Waals surface area contributed by atoms with E-state index in [0.717, 1.165) is 12.2 Å². The summed E-state index contributed by atoms with van der Waals surface area (Å²) in [5.41, 5.74) is 1.93. The fraction of sp³-hybridized carbons (Fsp3) is 0.381. The van der Waals surface area contributed by atoms with Crippen molar-refractivity contribution in [1.82, 2.24) is 0 Å². The van der Waals surface area contributed by atoms with Crippen molar-refractivity contribution in [2.45, 2.75) is 45.3 Å². The Morgan fingerprint density at radius 2 is 1.93 bits per heavy atom. The summed E-state index contributed by atoms with van der Waals surface area (Å²) in [5.74, 6) is 0.193. The van der Waals surface area contributed by atoms with Crippen molar-refractivity contribution in [3.63, 3.8) is 0 Å². The van der Waals surface area contributed by atoms with Gasteiger partial charge >= 0.3 is 0 Å². The van der Waals surface area contributed by atoms with Gasteiger partial charge < -0.3 is 15.0 Å². The van der Waals surface area contributed by atoms with Crippen LogP contribution >= 0.6 is 23.2 Å². The van der Waals surface area contributed by atoms with E-state index in [1.54, 1.807) is 25.1 Å². The first-order valence-corrected chi connectivity index (χ1v) is 9.99. The number of carbonyl (C=O) groups excluding carboxylic acids is 1. The van der Waals surface area contributed by atoms with Gasteiger partial charge in [-0.05, 0) is 75.6 Å². The number of rotatable bonds is 5. The molecule has 2 aromatic carbocycles. The molecule has 6 heteroatoms. The van der Waals surface area contributed by atoms with Crippen LogP contribution in [0.5, 0.6) is 5.75 Å². The number of halogens is 2. The molecular formula is C21H24Cl2N2O2. The Bertz CT molecular complexity index is 795. The van der Waals surface area contributed by atoms with E-state index in [9.17, 15) is 4.79 Å². The number of amides is 1. The topological polar surface area (TPSA) is 41.6 Å². The lowest BCUT2D eigenvalue weighted by Crippen LogP contribution is -2.37. The summed E-state index contributed by atoms with van der Waals surface area (Å²) in [7, 11) is 0. The normalized spacial score (nSPS) is 18.1. The summed E-state index contributed by atoms with van der Waals surface area (Å²) >= 11 is 12.0. The van der Waals surface area contributed by atoms with Crippen LogP contribution in [-0.2, 0) is 4.79 Å². The molecule has 0 radical (unpaired) electrons. The predicted molar refractivity (Wildman–Crippen MR) is 112 cm³/mol. The fourth-order valence-corrected chi connectivity index (χ4v) is 3.73. The number of hydrogen-bond donors (Lipinski definition) is 1. The zero-order valence-electron chi connectivity index (χ0n) is 15.5. The van der Waals surface area contributed by atoms with Crippen LogP contribution in [0.1, 0.15) is 33.1 Å². The largest absolute Gasteiger partial charge is 0.479 e. The van der Waals surface area contributed by atoms with E-state index in [1.165, 1.54) is 24.9 Å². The molecule has 1 N–H and O–H groups in total. The number of nitrogens with zero attached hydrogens (tertiary/aromatic N) is 1. The van der Waals surface area contributed by atoms with Gasteiger partial charge in [-0.1, -0.05) is 23.2 Å². The highest BCUT2D eigenvalue weighted by molar-refractivity contribution is 6.35. The second-order valence-electron chi connectivity index (χ2n) is 6.91. The van der Waals surface area contributed by atoms with Gasteiger partial charge in [0.25, 0.3) is 5.91 Å². The van der Waals surface area contributed by atoms with E-state index in [4.69, 9.17) is 27.9 Å². The maximum atomic E-state index is 12.4. The van der Waals surface area contributed by atoms with Gasteiger partial charge in [-0.3, -0.25) is 4.79 Å². The summed E-state index contributed by atoms with van der Waals surface area (Å²) in [6, 6.07) is 13.4. The molecule has 2 atom stereocenters. The molecular weight excluding hydrogens is 383 g/mol. The zero-order valence-corrected chi connectivity index (χ0v) is 17.1. The molecule has 1 saturated heterocycles. The molecule has 1 amide bonds. The summed E-state index contributed by atoms with van der Waals surface area (Å²) in [6.07, 6.45) is 3.05. The van der Waals surface area contributed by atoms with Gasteiger partial charge in [0, 0.05) is 29.0 Å². The van der Waals surface area contributed by atoms with E-state index in [1.807, 2.05) is 12.1 Å². The first-order valence-electron chi connectivity index (χ1n) is 9.23. The first kappa shape index (κ1) is 19.8. The molecule has 0 spiro atoms. The molecule has 0 saturated carbocycles. The van der Waals surface area contributed by atoms with Crippen LogP contribution in [0, 0.1) is 0 Å². The predicted octanol–water partition coefficient (Wildman–Crippen LogP) is 5.78. The Kier molecular flexibility index (Phi) is 6.51. The number of anilines is 2. The van der Waals surface area contributed by atoms with Gasteiger partial charge in [0.1, 0.15) is 5.75 Å². The molecule has 0 aromatic heterocycles. The van der Waals surface area contributed by atoms with Gasteiger partial charge in [0.05, 0.1) is 5.02 Å². The Morgan fingerprint density at radius 1 is 1.19 bits per heavy atom. The molecule has 1 heterocycles. The molecule has 1 fully saturated rings. The van der Waals surface area contributed by atoms with Crippen molar-refractivity contribution in [1.29, 1.82) is 0 Å². The standard InChI is InChI=1S/C21H24Cl2N2O2/c1-14-5-3-4-12-25(14)18-9-7-17(8-10-18)24-21(26)15(2)27-20-11-6-16(22)13-19(20)23/h6-11,13-15H,3-5,12H2,1-2H3,(H,24,26)/t14-,15-/m0/s1. The Hall–Kier alpha value is -1.91. The van der Waals surface area contributed by atoms with Gasteiger partial charge in [0.15, 0.2) is 6.10 Å². The summed E-state index contributed by atoms with van der Waals surface area (Å²) in [6.45, 7) is 5.03. The molecule has 0 bridgehead atoms. The number of carbonyl (C=O) groups is 1. The van der Waals surface area contributed by atoms with Crippen LogP contribution in [0.4, 0.5) is 11.4 Å². The molecule has 3 rings (SSSR count). The van der Waals surface area contributed by atoms with Crippen molar-refractivity contribution in [2.24, 2.45) is 0 Å². The van der Waals surface area contributed by atoms with E-state index < -0.39 is 6.10 Å². The molecule has 144 valence electrons. The number of piperidine rings is 1. The molecule has 4 nitrogen and oxygen atoms in total. The number of nitrogens with one attached hydrogen (secondary N) is 1. The van der Waals surface area contributed by atoms with Crippen LogP contribution in [0.2, 0.25) is 10.0 Å². The number of hydrogen-bond acceptors (Lipinski definition) is 3. The SMILES string of the molecule is C[C@H](Oc1ccc(Cl)cc1Cl)C(=O)Nc1ccc(N2CCCC[C@@H]2C)cc1. The van der Waals surface area contributed by atoms with Gasteiger partial charge in [-0.2, -0.15) is 0 Å².